The van der Waals surface area contributed by atoms with Crippen LogP contribution < -0.4 is 0 Å². The maximum Gasteiger partial charge on any atom is 0.0113 e. The Morgan fingerprint density at radius 3 is 2.22 bits per heavy atom. The van der Waals surface area contributed by atoms with Crippen LogP contribution in [0, 0.1) is 5.92 Å². The van der Waals surface area contributed by atoms with E-state index >= 15 is 0 Å². The Labute approximate surface area is 114 Å². The van der Waals surface area contributed by atoms with Crippen molar-refractivity contribution in [1.29, 1.82) is 0 Å². The monoisotopic (exact) mass is 252 g/mol. The number of nitrogens with zero attached hydrogens (tertiary/aromatic N) is 2. The predicted molar refractivity (Wildman–Crippen MR) is 79.0 cm³/mol. The first kappa shape index (κ1) is 14.3. The zero-order chi connectivity index (χ0) is 12.8. The molecule has 1 aliphatic heterocycles. The molecule has 0 bridgehead atoms. The molecule has 1 aliphatic carbocycles. The summed E-state index contributed by atoms with van der Waals surface area (Å²) in [5.74, 6) is 0.869. The fourth-order valence-corrected chi connectivity index (χ4v) is 3.52. The van der Waals surface area contributed by atoms with Crippen molar-refractivity contribution in [1.82, 2.24) is 9.80 Å². The van der Waals surface area contributed by atoms with Crippen molar-refractivity contribution < 1.29 is 0 Å². The third kappa shape index (κ3) is 4.55. The summed E-state index contributed by atoms with van der Waals surface area (Å²) in [6, 6.07) is 0.927. The Bertz CT molecular complexity index is 213. The predicted octanol–water partition coefficient (Wildman–Crippen LogP) is 3.37. The van der Waals surface area contributed by atoms with Crippen molar-refractivity contribution >= 4 is 0 Å². The highest BCUT2D eigenvalue weighted by Gasteiger charge is 2.24. The summed E-state index contributed by atoms with van der Waals surface area (Å²) < 4.78 is 0. The van der Waals surface area contributed by atoms with Crippen molar-refractivity contribution in [2.45, 2.75) is 64.8 Å². The van der Waals surface area contributed by atoms with Gasteiger partial charge in [-0.1, -0.05) is 33.1 Å². The summed E-state index contributed by atoms with van der Waals surface area (Å²) in [5, 5.41) is 0. The van der Waals surface area contributed by atoms with Gasteiger partial charge in [-0.05, 0) is 38.1 Å². The van der Waals surface area contributed by atoms with Crippen LogP contribution in [-0.2, 0) is 0 Å². The summed E-state index contributed by atoms with van der Waals surface area (Å²) >= 11 is 0. The van der Waals surface area contributed by atoms with Gasteiger partial charge in [0.05, 0.1) is 0 Å². The fraction of sp³-hybridized carbons (Fsp3) is 1.00. The Morgan fingerprint density at radius 2 is 1.61 bits per heavy atom. The average molecular weight is 252 g/mol. The highest BCUT2D eigenvalue weighted by Crippen LogP contribution is 2.23. The summed E-state index contributed by atoms with van der Waals surface area (Å²) in [5.41, 5.74) is 0. The SMILES string of the molecule is CC(C)CCCN1CCN(C2CCCCC2)CC1. The molecule has 2 heteroatoms. The van der Waals surface area contributed by atoms with E-state index in [0.29, 0.717) is 0 Å². The molecule has 2 aliphatic rings. The van der Waals surface area contributed by atoms with Crippen LogP contribution in [0.1, 0.15) is 58.8 Å². The van der Waals surface area contributed by atoms with Gasteiger partial charge in [-0.2, -0.15) is 0 Å². The minimum absolute atomic E-state index is 0.869. The second kappa shape index (κ2) is 7.49. The molecule has 0 aromatic carbocycles. The maximum absolute atomic E-state index is 2.78. The molecule has 1 heterocycles. The van der Waals surface area contributed by atoms with Gasteiger partial charge in [0.2, 0.25) is 0 Å². The van der Waals surface area contributed by atoms with Gasteiger partial charge < -0.3 is 4.90 Å². The molecule has 18 heavy (non-hydrogen) atoms. The Hall–Kier alpha value is -0.0800. The standard InChI is InChI=1S/C16H32N2/c1-15(2)7-6-10-17-11-13-18(14-12-17)16-8-4-3-5-9-16/h15-16H,3-14H2,1-2H3. The van der Waals surface area contributed by atoms with Crippen molar-refractivity contribution in [3.63, 3.8) is 0 Å². The number of rotatable bonds is 5. The normalized spacial score (nSPS) is 24.8. The van der Waals surface area contributed by atoms with Crippen LogP contribution in [0.3, 0.4) is 0 Å². The fourth-order valence-electron chi connectivity index (χ4n) is 3.52. The van der Waals surface area contributed by atoms with Gasteiger partial charge in [0.1, 0.15) is 0 Å². The largest absolute Gasteiger partial charge is 0.301 e. The summed E-state index contributed by atoms with van der Waals surface area (Å²) in [7, 11) is 0. The summed E-state index contributed by atoms with van der Waals surface area (Å²) in [4.78, 5) is 5.46. The smallest absolute Gasteiger partial charge is 0.0113 e. The van der Waals surface area contributed by atoms with E-state index in [-0.39, 0.29) is 0 Å². The zero-order valence-electron chi connectivity index (χ0n) is 12.5. The van der Waals surface area contributed by atoms with Crippen LogP contribution in [0.25, 0.3) is 0 Å². The van der Waals surface area contributed by atoms with Gasteiger partial charge in [-0.25, -0.2) is 0 Å². The van der Waals surface area contributed by atoms with Crippen LogP contribution >= 0.6 is 0 Å². The summed E-state index contributed by atoms with van der Waals surface area (Å²) in [6.45, 7) is 11.3. The van der Waals surface area contributed by atoms with Crippen molar-refractivity contribution in [2.24, 2.45) is 5.92 Å². The molecule has 2 rings (SSSR count). The first-order chi connectivity index (χ1) is 8.75. The Kier molecular flexibility index (Phi) is 5.97. The molecule has 0 spiro atoms. The molecular formula is C16H32N2. The lowest BCUT2D eigenvalue weighted by atomic mass is 9.94. The van der Waals surface area contributed by atoms with Crippen LogP contribution in [-0.4, -0.2) is 48.6 Å². The lowest BCUT2D eigenvalue weighted by Crippen LogP contribution is -2.50. The molecule has 0 aromatic heterocycles. The molecule has 2 fully saturated rings. The topological polar surface area (TPSA) is 6.48 Å². The van der Waals surface area contributed by atoms with Crippen molar-refractivity contribution in [2.75, 3.05) is 32.7 Å². The van der Waals surface area contributed by atoms with Gasteiger partial charge in [0.25, 0.3) is 0 Å². The lowest BCUT2D eigenvalue weighted by molar-refractivity contribution is 0.0777. The highest BCUT2D eigenvalue weighted by atomic mass is 15.3. The van der Waals surface area contributed by atoms with E-state index in [4.69, 9.17) is 0 Å². The van der Waals surface area contributed by atoms with Gasteiger partial charge in [-0.3, -0.25) is 4.90 Å². The first-order valence-electron chi connectivity index (χ1n) is 8.22. The van der Waals surface area contributed by atoms with Crippen LogP contribution in [0.5, 0.6) is 0 Å². The molecule has 0 N–H and O–H groups in total. The third-order valence-corrected chi connectivity index (χ3v) is 4.75. The van der Waals surface area contributed by atoms with Crippen molar-refractivity contribution in [3.05, 3.63) is 0 Å². The van der Waals surface area contributed by atoms with E-state index in [2.05, 4.69) is 23.6 Å². The number of hydrogen-bond acceptors (Lipinski definition) is 2. The second-order valence-corrected chi connectivity index (χ2v) is 6.71. The number of piperazine rings is 1. The van der Waals surface area contributed by atoms with E-state index < -0.39 is 0 Å². The lowest BCUT2D eigenvalue weighted by Gasteiger charge is -2.40. The van der Waals surface area contributed by atoms with Crippen LogP contribution in [0.2, 0.25) is 0 Å². The second-order valence-electron chi connectivity index (χ2n) is 6.71. The van der Waals surface area contributed by atoms with Gasteiger partial charge in [0, 0.05) is 32.2 Å². The van der Waals surface area contributed by atoms with Crippen LogP contribution in [0.15, 0.2) is 0 Å². The molecule has 0 amide bonds. The Morgan fingerprint density at radius 1 is 0.944 bits per heavy atom. The first-order valence-corrected chi connectivity index (χ1v) is 8.22. The molecule has 0 unspecified atom stereocenters. The van der Waals surface area contributed by atoms with Crippen LogP contribution in [0.4, 0.5) is 0 Å². The molecule has 1 saturated heterocycles. The molecule has 0 aromatic rings. The molecule has 0 atom stereocenters. The third-order valence-electron chi connectivity index (χ3n) is 4.75. The Balaban J connectivity index is 1.61. The van der Waals surface area contributed by atoms with E-state index in [9.17, 15) is 0 Å². The van der Waals surface area contributed by atoms with E-state index in [0.717, 1.165) is 12.0 Å². The van der Waals surface area contributed by atoms with Gasteiger partial charge >= 0.3 is 0 Å². The summed E-state index contributed by atoms with van der Waals surface area (Å²) in [6.07, 6.45) is 10.1. The van der Waals surface area contributed by atoms with Crippen molar-refractivity contribution in [3.8, 4) is 0 Å². The quantitative estimate of drug-likeness (QED) is 0.740. The molecular weight excluding hydrogens is 220 g/mol. The molecule has 2 nitrogen and oxygen atoms in total. The highest BCUT2D eigenvalue weighted by molar-refractivity contribution is 4.80. The average Bonchev–Trinajstić information content (AvgIpc) is 2.40. The zero-order valence-corrected chi connectivity index (χ0v) is 12.5. The number of hydrogen-bond donors (Lipinski definition) is 0. The molecule has 1 saturated carbocycles. The van der Waals surface area contributed by atoms with E-state index in [1.54, 1.807) is 0 Å². The minimum atomic E-state index is 0.869. The molecule has 106 valence electrons. The molecule has 0 radical (unpaired) electrons. The van der Waals surface area contributed by atoms with E-state index in [1.165, 1.54) is 77.7 Å². The van der Waals surface area contributed by atoms with Gasteiger partial charge in [-0.15, -0.1) is 0 Å². The maximum atomic E-state index is 2.78. The van der Waals surface area contributed by atoms with Gasteiger partial charge in [0.15, 0.2) is 0 Å². The van der Waals surface area contributed by atoms with E-state index in [1.807, 2.05) is 0 Å². The minimum Gasteiger partial charge on any atom is -0.301 e.